The van der Waals surface area contributed by atoms with Gasteiger partial charge in [-0.3, -0.25) is 4.79 Å². The third kappa shape index (κ3) is 3.69. The van der Waals surface area contributed by atoms with Gasteiger partial charge < -0.3 is 15.2 Å². The maximum atomic E-state index is 10.4. The Bertz CT molecular complexity index is 143. The zero-order valence-electron chi connectivity index (χ0n) is 7.12. The van der Waals surface area contributed by atoms with Crippen LogP contribution in [0.15, 0.2) is 0 Å². The first-order valence-electron chi connectivity index (χ1n) is 4.30. The molecule has 0 unspecified atom stereocenters. The monoisotopic (exact) mass is 173 g/mol. The third-order valence-electron chi connectivity index (χ3n) is 1.80. The summed E-state index contributed by atoms with van der Waals surface area (Å²) in [5.41, 5.74) is 4.99. The molecule has 2 N–H and O–H groups in total. The van der Waals surface area contributed by atoms with Crippen molar-refractivity contribution in [3.05, 3.63) is 0 Å². The van der Waals surface area contributed by atoms with Crippen molar-refractivity contribution in [2.24, 2.45) is 5.73 Å². The summed E-state index contributed by atoms with van der Waals surface area (Å²) in [7, 11) is 0. The zero-order chi connectivity index (χ0) is 8.81. The Kier molecular flexibility index (Phi) is 4.04. The fourth-order valence-electron chi connectivity index (χ4n) is 1.18. The topological polar surface area (TPSA) is 61.6 Å². The van der Waals surface area contributed by atoms with Crippen molar-refractivity contribution in [3.63, 3.8) is 0 Å². The number of hydrogen-bond acceptors (Lipinski definition) is 3. The largest absolute Gasteiger partial charge is 0.370 e. The van der Waals surface area contributed by atoms with Crippen molar-refractivity contribution in [2.75, 3.05) is 13.2 Å². The van der Waals surface area contributed by atoms with Crippen LogP contribution in [0, 0.1) is 0 Å². The molecule has 0 radical (unpaired) electrons. The first-order chi connectivity index (χ1) is 5.79. The maximum Gasteiger partial charge on any atom is 0.217 e. The highest BCUT2D eigenvalue weighted by Gasteiger charge is 2.14. The lowest BCUT2D eigenvalue weighted by atomic mass is 10.2. The fourth-order valence-corrected chi connectivity index (χ4v) is 1.18. The van der Waals surface area contributed by atoms with Crippen LogP contribution in [0.4, 0.5) is 0 Å². The van der Waals surface area contributed by atoms with E-state index < -0.39 is 0 Å². The minimum atomic E-state index is -0.233. The third-order valence-corrected chi connectivity index (χ3v) is 1.80. The van der Waals surface area contributed by atoms with Gasteiger partial charge in [0.1, 0.15) is 0 Å². The Morgan fingerprint density at radius 1 is 1.33 bits per heavy atom. The number of unbranched alkanes of at least 4 members (excludes halogenated alkanes) is 1. The van der Waals surface area contributed by atoms with E-state index in [1.165, 1.54) is 0 Å². The lowest BCUT2D eigenvalue weighted by Crippen LogP contribution is -2.11. The Morgan fingerprint density at radius 2 is 2.00 bits per heavy atom. The molecular formula is C8H15NO3. The van der Waals surface area contributed by atoms with E-state index in [9.17, 15) is 4.79 Å². The molecule has 4 heteroatoms. The SMILES string of the molecule is NC(=O)CCCCC1OCCO1. The summed E-state index contributed by atoms with van der Waals surface area (Å²) in [5, 5.41) is 0. The summed E-state index contributed by atoms with van der Waals surface area (Å²) in [6.45, 7) is 1.39. The van der Waals surface area contributed by atoms with Crippen LogP contribution in [0.25, 0.3) is 0 Å². The summed E-state index contributed by atoms with van der Waals surface area (Å²) < 4.78 is 10.4. The Balaban J connectivity index is 1.91. The Labute approximate surface area is 72.0 Å². The molecule has 0 aromatic carbocycles. The normalized spacial score (nSPS) is 18.3. The molecule has 0 bridgehead atoms. The predicted molar refractivity (Wildman–Crippen MR) is 43.4 cm³/mol. The van der Waals surface area contributed by atoms with Gasteiger partial charge in [-0.2, -0.15) is 0 Å². The smallest absolute Gasteiger partial charge is 0.217 e. The molecule has 1 fully saturated rings. The van der Waals surface area contributed by atoms with E-state index in [1.807, 2.05) is 0 Å². The van der Waals surface area contributed by atoms with E-state index in [-0.39, 0.29) is 12.2 Å². The van der Waals surface area contributed by atoms with Crippen LogP contribution in [0.3, 0.4) is 0 Å². The van der Waals surface area contributed by atoms with Gasteiger partial charge in [0, 0.05) is 6.42 Å². The zero-order valence-corrected chi connectivity index (χ0v) is 7.12. The van der Waals surface area contributed by atoms with E-state index in [1.54, 1.807) is 0 Å². The molecule has 1 saturated heterocycles. The van der Waals surface area contributed by atoms with Crippen molar-refractivity contribution < 1.29 is 14.3 Å². The van der Waals surface area contributed by atoms with Crippen molar-refractivity contribution in [3.8, 4) is 0 Å². The van der Waals surface area contributed by atoms with E-state index in [2.05, 4.69) is 0 Å². The van der Waals surface area contributed by atoms with Crippen LogP contribution in [-0.2, 0) is 14.3 Å². The molecule has 1 rings (SSSR count). The van der Waals surface area contributed by atoms with Crippen LogP contribution in [0.2, 0.25) is 0 Å². The van der Waals surface area contributed by atoms with E-state index in [0.717, 1.165) is 19.3 Å². The standard InChI is InChI=1S/C8H15NO3/c9-7(10)3-1-2-4-8-11-5-6-12-8/h8H,1-6H2,(H2,9,10). The molecule has 70 valence electrons. The molecule has 12 heavy (non-hydrogen) atoms. The second-order valence-electron chi connectivity index (χ2n) is 2.88. The highest BCUT2D eigenvalue weighted by atomic mass is 16.7. The van der Waals surface area contributed by atoms with Crippen LogP contribution in [0.5, 0.6) is 0 Å². The Hall–Kier alpha value is -0.610. The second-order valence-corrected chi connectivity index (χ2v) is 2.88. The minimum Gasteiger partial charge on any atom is -0.370 e. The van der Waals surface area contributed by atoms with Gasteiger partial charge in [-0.1, -0.05) is 0 Å². The molecule has 0 spiro atoms. The average molecular weight is 173 g/mol. The fraction of sp³-hybridized carbons (Fsp3) is 0.875. The number of rotatable bonds is 5. The quantitative estimate of drug-likeness (QED) is 0.612. The molecule has 0 aromatic heterocycles. The summed E-state index contributed by atoms with van der Waals surface area (Å²) >= 11 is 0. The van der Waals surface area contributed by atoms with Crippen LogP contribution < -0.4 is 5.73 Å². The van der Waals surface area contributed by atoms with E-state index >= 15 is 0 Å². The number of carbonyl (C=O) groups excluding carboxylic acids is 1. The summed E-state index contributed by atoms with van der Waals surface area (Å²) in [6, 6.07) is 0. The molecule has 0 aromatic rings. The molecule has 0 atom stereocenters. The van der Waals surface area contributed by atoms with Crippen molar-refractivity contribution in [1.82, 2.24) is 0 Å². The molecule has 0 saturated carbocycles. The Morgan fingerprint density at radius 3 is 2.58 bits per heavy atom. The molecule has 1 heterocycles. The number of nitrogens with two attached hydrogens (primary N) is 1. The lowest BCUT2D eigenvalue weighted by molar-refractivity contribution is -0.118. The van der Waals surface area contributed by atoms with Crippen molar-refractivity contribution >= 4 is 5.91 Å². The first-order valence-corrected chi connectivity index (χ1v) is 4.30. The average Bonchev–Trinajstić information content (AvgIpc) is 2.49. The van der Waals surface area contributed by atoms with Gasteiger partial charge in [0.2, 0.25) is 5.91 Å². The van der Waals surface area contributed by atoms with Crippen molar-refractivity contribution in [2.45, 2.75) is 32.0 Å². The van der Waals surface area contributed by atoms with Crippen LogP contribution >= 0.6 is 0 Å². The number of primary amides is 1. The van der Waals surface area contributed by atoms with Gasteiger partial charge in [-0.05, 0) is 19.3 Å². The van der Waals surface area contributed by atoms with Gasteiger partial charge in [0.05, 0.1) is 13.2 Å². The number of hydrogen-bond donors (Lipinski definition) is 1. The van der Waals surface area contributed by atoms with Gasteiger partial charge in [0.15, 0.2) is 6.29 Å². The molecule has 1 aliphatic rings. The molecular weight excluding hydrogens is 158 g/mol. The molecule has 0 aliphatic carbocycles. The minimum absolute atomic E-state index is 0.0436. The van der Waals surface area contributed by atoms with Gasteiger partial charge in [-0.25, -0.2) is 0 Å². The summed E-state index contributed by atoms with van der Waals surface area (Å²) in [6.07, 6.45) is 3.06. The molecule has 1 aliphatic heterocycles. The van der Waals surface area contributed by atoms with E-state index in [0.29, 0.717) is 19.6 Å². The summed E-state index contributed by atoms with van der Waals surface area (Å²) in [5.74, 6) is -0.233. The van der Waals surface area contributed by atoms with Gasteiger partial charge >= 0.3 is 0 Å². The van der Waals surface area contributed by atoms with Crippen LogP contribution in [-0.4, -0.2) is 25.4 Å². The van der Waals surface area contributed by atoms with E-state index in [4.69, 9.17) is 15.2 Å². The molecule has 4 nitrogen and oxygen atoms in total. The predicted octanol–water partition coefficient (Wildman–Crippen LogP) is 0.405. The lowest BCUT2D eigenvalue weighted by Gasteiger charge is -2.06. The van der Waals surface area contributed by atoms with Gasteiger partial charge in [0.25, 0.3) is 0 Å². The highest BCUT2D eigenvalue weighted by molar-refractivity contribution is 5.73. The van der Waals surface area contributed by atoms with Crippen LogP contribution in [0.1, 0.15) is 25.7 Å². The maximum absolute atomic E-state index is 10.4. The number of ether oxygens (including phenoxy) is 2. The number of amides is 1. The first kappa shape index (κ1) is 9.48. The number of carbonyl (C=O) groups is 1. The van der Waals surface area contributed by atoms with Gasteiger partial charge in [-0.15, -0.1) is 0 Å². The second kappa shape index (κ2) is 5.11. The van der Waals surface area contributed by atoms with Crippen molar-refractivity contribution in [1.29, 1.82) is 0 Å². The highest BCUT2D eigenvalue weighted by Crippen LogP contribution is 2.11. The summed E-state index contributed by atoms with van der Waals surface area (Å²) in [4.78, 5) is 10.4. The molecule has 1 amide bonds.